The van der Waals surface area contributed by atoms with Gasteiger partial charge in [0.25, 0.3) is 5.56 Å². The van der Waals surface area contributed by atoms with Gasteiger partial charge >= 0.3 is 0 Å². The van der Waals surface area contributed by atoms with Crippen LogP contribution in [-0.2, 0) is 6.54 Å². The molecule has 172 valence electrons. The summed E-state index contributed by atoms with van der Waals surface area (Å²) in [7, 11) is 8.46. The van der Waals surface area contributed by atoms with Crippen LogP contribution in [0, 0.1) is 6.92 Å². The third-order valence-corrected chi connectivity index (χ3v) is 5.19. The molecule has 9 nitrogen and oxygen atoms in total. The molecule has 0 aliphatic carbocycles. The summed E-state index contributed by atoms with van der Waals surface area (Å²) >= 11 is 0. The van der Waals surface area contributed by atoms with Crippen LogP contribution in [0.1, 0.15) is 11.1 Å². The summed E-state index contributed by atoms with van der Waals surface area (Å²) in [4.78, 5) is 22.2. The first-order valence-electron chi connectivity index (χ1n) is 10.2. The molecule has 0 aliphatic heterocycles. The van der Waals surface area contributed by atoms with Crippen LogP contribution in [0.25, 0.3) is 10.9 Å². The molecule has 0 unspecified atom stereocenters. The Hall–Kier alpha value is -3.46. The van der Waals surface area contributed by atoms with E-state index in [1.807, 2.05) is 44.1 Å². The number of H-pyrrole nitrogens is 1. The number of likely N-dealkylation sites (N-methyl/N-ethyl adjacent to an activating group) is 1. The molecule has 0 aliphatic rings. The highest BCUT2D eigenvalue weighted by atomic mass is 16.5. The summed E-state index contributed by atoms with van der Waals surface area (Å²) in [6.45, 7) is 3.61. The number of aromatic amines is 1. The van der Waals surface area contributed by atoms with Crippen LogP contribution >= 0.6 is 0 Å². The maximum Gasteiger partial charge on any atom is 0.282 e. The van der Waals surface area contributed by atoms with E-state index in [4.69, 9.17) is 18.9 Å². The van der Waals surface area contributed by atoms with Gasteiger partial charge in [-0.15, -0.1) is 0 Å². The van der Waals surface area contributed by atoms with E-state index in [1.54, 1.807) is 27.4 Å². The maximum atomic E-state index is 12.8. The molecule has 0 bridgehead atoms. The van der Waals surface area contributed by atoms with Crippen molar-refractivity contribution in [2.45, 2.75) is 13.5 Å². The summed E-state index contributed by atoms with van der Waals surface area (Å²) in [6, 6.07) is 7.52. The van der Waals surface area contributed by atoms with Crippen molar-refractivity contribution in [3.8, 4) is 23.0 Å². The molecule has 0 fully saturated rings. The van der Waals surface area contributed by atoms with Crippen molar-refractivity contribution < 1.29 is 18.9 Å². The zero-order chi connectivity index (χ0) is 23.3. The molecule has 0 saturated carbocycles. The number of methoxy groups -OCH3 is 3. The Bertz CT molecular complexity index is 1150. The van der Waals surface area contributed by atoms with E-state index in [1.165, 1.54) is 0 Å². The number of nitrogens with zero attached hydrogens (tertiary/aromatic N) is 2. The predicted molar refractivity (Wildman–Crippen MR) is 125 cm³/mol. The number of anilines is 1. The van der Waals surface area contributed by atoms with E-state index in [0.29, 0.717) is 58.6 Å². The molecule has 0 radical (unpaired) electrons. The zero-order valence-electron chi connectivity index (χ0n) is 19.4. The van der Waals surface area contributed by atoms with E-state index in [2.05, 4.69) is 15.3 Å². The molecule has 3 aromatic rings. The van der Waals surface area contributed by atoms with Gasteiger partial charge in [-0.05, 0) is 31.7 Å². The van der Waals surface area contributed by atoms with Gasteiger partial charge in [-0.1, -0.05) is 6.07 Å². The third-order valence-electron chi connectivity index (χ3n) is 5.19. The highest BCUT2D eigenvalue weighted by Crippen LogP contribution is 2.35. The highest BCUT2D eigenvalue weighted by Gasteiger charge is 2.17. The van der Waals surface area contributed by atoms with Crippen molar-refractivity contribution in [2.75, 3.05) is 53.5 Å². The average Bonchev–Trinajstić information content (AvgIpc) is 2.79. The molecular formula is C23H30N4O5. The van der Waals surface area contributed by atoms with Crippen LogP contribution in [0.2, 0.25) is 0 Å². The van der Waals surface area contributed by atoms with Crippen LogP contribution in [0.15, 0.2) is 29.1 Å². The van der Waals surface area contributed by atoms with Gasteiger partial charge in [0, 0.05) is 31.8 Å². The Morgan fingerprint density at radius 1 is 1.06 bits per heavy atom. The Balaban J connectivity index is 1.90. The number of aryl methyl sites for hydroxylation is 1. The normalized spacial score (nSPS) is 10.8. The van der Waals surface area contributed by atoms with Crippen LogP contribution < -0.4 is 34.7 Å². The number of fused-ring (bicyclic) bond motifs is 1. The van der Waals surface area contributed by atoms with Gasteiger partial charge in [-0.3, -0.25) is 4.79 Å². The number of benzene rings is 2. The second-order valence-corrected chi connectivity index (χ2v) is 7.32. The van der Waals surface area contributed by atoms with E-state index < -0.39 is 0 Å². The molecule has 32 heavy (non-hydrogen) atoms. The van der Waals surface area contributed by atoms with E-state index in [-0.39, 0.29) is 5.56 Å². The molecule has 0 atom stereocenters. The van der Waals surface area contributed by atoms with Crippen molar-refractivity contribution in [1.29, 1.82) is 0 Å². The number of nitrogens with one attached hydrogen (secondary N) is 2. The Morgan fingerprint density at radius 2 is 1.81 bits per heavy atom. The lowest BCUT2D eigenvalue weighted by Gasteiger charge is -2.20. The average molecular weight is 443 g/mol. The number of aromatic nitrogens is 2. The molecule has 3 rings (SSSR count). The molecule has 0 amide bonds. The van der Waals surface area contributed by atoms with Crippen LogP contribution in [0.4, 0.5) is 5.95 Å². The van der Waals surface area contributed by atoms with Gasteiger partial charge in [0.2, 0.25) is 5.95 Å². The molecule has 0 saturated heterocycles. The highest BCUT2D eigenvalue weighted by molar-refractivity contribution is 5.86. The molecule has 9 heteroatoms. The first-order valence-corrected chi connectivity index (χ1v) is 10.2. The lowest BCUT2D eigenvalue weighted by molar-refractivity contribution is 0.295. The van der Waals surface area contributed by atoms with Gasteiger partial charge in [-0.25, -0.2) is 0 Å². The quantitative estimate of drug-likeness (QED) is 0.462. The SMILES string of the molecule is CNCCOc1ccc(CN(C)c2nc(=O)c3c(C)c(OC)c(OC)cc3[nH]2)cc1OC. The van der Waals surface area contributed by atoms with E-state index >= 15 is 0 Å². The van der Waals surface area contributed by atoms with Gasteiger partial charge in [0.1, 0.15) is 6.61 Å². The molecule has 2 aromatic carbocycles. The fraction of sp³-hybridized carbons (Fsp3) is 0.391. The number of rotatable bonds is 10. The van der Waals surface area contributed by atoms with E-state index in [9.17, 15) is 4.79 Å². The van der Waals surface area contributed by atoms with E-state index in [0.717, 1.165) is 12.1 Å². The first kappa shape index (κ1) is 23.2. The second-order valence-electron chi connectivity index (χ2n) is 7.32. The molecular weight excluding hydrogens is 412 g/mol. The van der Waals surface area contributed by atoms with Crippen molar-refractivity contribution in [2.24, 2.45) is 0 Å². The summed E-state index contributed by atoms with van der Waals surface area (Å²) in [6.07, 6.45) is 0. The molecule has 1 aromatic heterocycles. The van der Waals surface area contributed by atoms with Crippen LogP contribution in [0.3, 0.4) is 0 Å². The Labute approximate surface area is 187 Å². The minimum Gasteiger partial charge on any atom is -0.493 e. The van der Waals surface area contributed by atoms with Crippen molar-refractivity contribution >= 4 is 16.9 Å². The Kier molecular flexibility index (Phi) is 7.42. The molecule has 1 heterocycles. The largest absolute Gasteiger partial charge is 0.493 e. The molecule has 2 N–H and O–H groups in total. The van der Waals surface area contributed by atoms with Crippen LogP contribution in [0.5, 0.6) is 23.0 Å². The fourth-order valence-electron chi connectivity index (χ4n) is 3.57. The molecule has 0 spiro atoms. The van der Waals surface area contributed by atoms with Crippen molar-refractivity contribution in [3.05, 3.63) is 45.7 Å². The number of hydrogen-bond acceptors (Lipinski definition) is 8. The van der Waals surface area contributed by atoms with Gasteiger partial charge < -0.3 is 34.1 Å². The van der Waals surface area contributed by atoms with Gasteiger partial charge in [0.15, 0.2) is 23.0 Å². The number of hydrogen-bond donors (Lipinski definition) is 2. The lowest BCUT2D eigenvalue weighted by atomic mass is 10.1. The summed E-state index contributed by atoms with van der Waals surface area (Å²) in [5, 5.41) is 3.52. The van der Waals surface area contributed by atoms with Gasteiger partial charge in [0.05, 0.1) is 32.2 Å². The minimum atomic E-state index is -0.329. The third kappa shape index (κ3) is 4.72. The van der Waals surface area contributed by atoms with Crippen LogP contribution in [-0.4, -0.2) is 58.5 Å². The summed E-state index contributed by atoms with van der Waals surface area (Å²) in [5.41, 5.74) is 1.97. The smallest absolute Gasteiger partial charge is 0.282 e. The zero-order valence-corrected chi connectivity index (χ0v) is 19.4. The van der Waals surface area contributed by atoms with Crippen molar-refractivity contribution in [3.63, 3.8) is 0 Å². The standard InChI is InChI=1S/C23H30N4O5/c1-14-20-16(12-19(30-5)21(14)31-6)25-23(26-22(20)28)27(3)13-15-7-8-17(18(11-15)29-4)32-10-9-24-2/h7-8,11-12,24H,9-10,13H2,1-6H3,(H,25,26,28). The maximum absolute atomic E-state index is 12.8. The minimum absolute atomic E-state index is 0.329. The van der Waals surface area contributed by atoms with Gasteiger partial charge in [-0.2, -0.15) is 4.98 Å². The monoisotopic (exact) mass is 442 g/mol. The predicted octanol–water partition coefficient (Wildman–Crippen LogP) is 2.49. The second kappa shape index (κ2) is 10.2. The fourth-order valence-corrected chi connectivity index (χ4v) is 3.57. The topological polar surface area (TPSA) is 97.9 Å². The summed E-state index contributed by atoms with van der Waals surface area (Å²) < 4.78 is 22.1. The lowest BCUT2D eigenvalue weighted by Crippen LogP contribution is -2.23. The summed E-state index contributed by atoms with van der Waals surface area (Å²) in [5.74, 6) is 2.86. The Morgan fingerprint density at radius 3 is 2.47 bits per heavy atom. The van der Waals surface area contributed by atoms with Crippen molar-refractivity contribution in [1.82, 2.24) is 15.3 Å². The number of ether oxygens (including phenoxy) is 4. The first-order chi connectivity index (χ1) is 15.4.